The van der Waals surface area contributed by atoms with Crippen molar-refractivity contribution in [2.75, 3.05) is 0 Å². The van der Waals surface area contributed by atoms with Gasteiger partial charge < -0.3 is 4.52 Å². The molecular weight excluding hydrogens is 258 g/mol. The smallest absolute Gasteiger partial charge is 0.191 e. The fraction of sp³-hybridized carbons (Fsp3) is 0.357. The zero-order valence-electron chi connectivity index (χ0n) is 11.0. The van der Waals surface area contributed by atoms with E-state index in [0.717, 1.165) is 51.6 Å². The Labute approximate surface area is 116 Å². The zero-order chi connectivity index (χ0) is 13.4. The van der Waals surface area contributed by atoms with Crippen molar-refractivity contribution in [2.45, 2.75) is 33.2 Å². The van der Waals surface area contributed by atoms with Crippen LogP contribution in [0.25, 0.3) is 11.4 Å². The van der Waals surface area contributed by atoms with Gasteiger partial charge in [-0.2, -0.15) is 0 Å². The Balaban J connectivity index is 2.34. The van der Waals surface area contributed by atoms with Gasteiger partial charge in [0.25, 0.3) is 0 Å². The quantitative estimate of drug-likeness (QED) is 0.685. The molecule has 0 radical (unpaired) electrons. The van der Waals surface area contributed by atoms with Crippen LogP contribution in [-0.2, 0) is 6.54 Å². The van der Waals surface area contributed by atoms with Crippen LogP contribution in [0.1, 0.15) is 25.5 Å². The number of imidazole rings is 1. The molecule has 0 spiro atoms. The summed E-state index contributed by atoms with van der Waals surface area (Å²) < 4.78 is 8.67. The molecule has 98 valence electrons. The summed E-state index contributed by atoms with van der Waals surface area (Å²) in [5.74, 6) is 0. The van der Waals surface area contributed by atoms with Gasteiger partial charge in [0.1, 0.15) is 12.0 Å². The normalized spacial score (nSPS) is 11.5. The fourth-order valence-corrected chi connectivity index (χ4v) is 2.48. The lowest BCUT2D eigenvalue weighted by molar-refractivity contribution is 0.225. The molecule has 0 bridgehead atoms. The summed E-state index contributed by atoms with van der Waals surface area (Å²) in [4.78, 5) is 8.47. The highest BCUT2D eigenvalue weighted by Crippen LogP contribution is 2.21. The van der Waals surface area contributed by atoms with Crippen LogP contribution in [0.2, 0.25) is 0 Å². The SMILES string of the molecule is CCCCn1oc2c3ncnc-3cc(=S)c=2cc1C. The second-order valence-corrected chi connectivity index (χ2v) is 5.13. The van der Waals surface area contributed by atoms with Crippen LogP contribution < -0.4 is 0 Å². The molecule has 0 N–H and O–H groups in total. The van der Waals surface area contributed by atoms with Gasteiger partial charge in [-0.1, -0.05) is 25.6 Å². The molecule has 19 heavy (non-hydrogen) atoms. The predicted octanol–water partition coefficient (Wildman–Crippen LogP) is 3.54. The zero-order valence-corrected chi connectivity index (χ0v) is 11.8. The van der Waals surface area contributed by atoms with Crippen LogP contribution in [0.4, 0.5) is 0 Å². The first-order valence-corrected chi connectivity index (χ1v) is 6.86. The standard InChI is InChI=1S/C14H15N3OS/c1-3-4-5-17-9(2)6-10-12(19)7-11-13(14(10)18-17)16-8-15-11/h6-8H,3-5H2,1-2H3. The van der Waals surface area contributed by atoms with Gasteiger partial charge in [0.2, 0.25) is 0 Å². The molecule has 0 saturated heterocycles. The highest BCUT2D eigenvalue weighted by molar-refractivity contribution is 7.71. The van der Waals surface area contributed by atoms with E-state index in [-0.39, 0.29) is 0 Å². The van der Waals surface area contributed by atoms with E-state index >= 15 is 0 Å². The van der Waals surface area contributed by atoms with Gasteiger partial charge in [-0.05, 0) is 25.5 Å². The number of aromatic nitrogens is 3. The van der Waals surface area contributed by atoms with Crippen LogP contribution in [0.5, 0.6) is 0 Å². The van der Waals surface area contributed by atoms with E-state index in [1.807, 2.05) is 17.7 Å². The highest BCUT2D eigenvalue weighted by Gasteiger charge is 2.13. The maximum absolute atomic E-state index is 5.99. The number of fused-ring (bicyclic) bond motifs is 2. The molecule has 0 aromatic rings. The first-order valence-electron chi connectivity index (χ1n) is 6.46. The lowest BCUT2D eigenvalue weighted by atomic mass is 10.2. The summed E-state index contributed by atoms with van der Waals surface area (Å²) in [7, 11) is 0. The Kier molecular flexibility index (Phi) is 3.06. The molecule has 3 aliphatic rings. The highest BCUT2D eigenvalue weighted by atomic mass is 32.1. The number of hydrogen-bond donors (Lipinski definition) is 0. The Bertz CT molecular complexity index is 805. The van der Waals surface area contributed by atoms with E-state index in [9.17, 15) is 0 Å². The van der Waals surface area contributed by atoms with Crippen molar-refractivity contribution in [1.29, 1.82) is 0 Å². The molecule has 0 unspecified atom stereocenters. The average molecular weight is 273 g/mol. The molecule has 1 aliphatic carbocycles. The van der Waals surface area contributed by atoms with Crippen molar-refractivity contribution in [3.8, 4) is 11.4 Å². The van der Waals surface area contributed by atoms with E-state index in [4.69, 9.17) is 16.7 Å². The second kappa shape index (κ2) is 4.74. The van der Waals surface area contributed by atoms with Crippen LogP contribution in [0.3, 0.4) is 0 Å². The Morgan fingerprint density at radius 2 is 2.16 bits per heavy atom. The summed E-state index contributed by atoms with van der Waals surface area (Å²) >= 11 is 5.40. The number of nitrogens with zero attached hydrogens (tertiary/aromatic N) is 3. The van der Waals surface area contributed by atoms with Gasteiger partial charge in [0.05, 0.1) is 16.7 Å². The Morgan fingerprint density at radius 1 is 1.32 bits per heavy atom. The van der Waals surface area contributed by atoms with E-state index in [1.165, 1.54) is 0 Å². The van der Waals surface area contributed by atoms with Gasteiger partial charge >= 0.3 is 0 Å². The number of hydrogen-bond acceptors (Lipinski definition) is 4. The van der Waals surface area contributed by atoms with Crippen LogP contribution in [0, 0.1) is 22.1 Å². The van der Waals surface area contributed by atoms with Crippen LogP contribution in [-0.4, -0.2) is 14.7 Å². The molecular formula is C14H15N3OS. The molecule has 2 heterocycles. The van der Waals surface area contributed by atoms with Gasteiger partial charge in [0, 0.05) is 10.9 Å². The van der Waals surface area contributed by atoms with Crippen molar-refractivity contribution >= 4 is 12.2 Å². The molecule has 3 rings (SSSR count). The van der Waals surface area contributed by atoms with Gasteiger partial charge in [-0.3, -0.25) is 0 Å². The molecule has 4 nitrogen and oxygen atoms in total. The monoisotopic (exact) mass is 273 g/mol. The first-order chi connectivity index (χ1) is 9.20. The summed E-state index contributed by atoms with van der Waals surface area (Å²) in [6, 6.07) is 3.95. The minimum absolute atomic E-state index is 0.738. The molecule has 0 saturated carbocycles. The Hall–Kier alpha value is -1.75. The third kappa shape index (κ3) is 2.04. The minimum atomic E-state index is 0.738. The second-order valence-electron chi connectivity index (χ2n) is 4.69. The maximum atomic E-state index is 5.99. The topological polar surface area (TPSA) is 43.9 Å². The van der Waals surface area contributed by atoms with E-state index in [2.05, 4.69) is 23.0 Å². The van der Waals surface area contributed by atoms with Crippen molar-refractivity contribution in [3.63, 3.8) is 0 Å². The molecule has 0 amide bonds. The number of rotatable bonds is 3. The summed E-state index contributed by atoms with van der Waals surface area (Å²) in [6.45, 7) is 5.07. The summed E-state index contributed by atoms with van der Waals surface area (Å²) in [5, 5.41) is 0.938. The van der Waals surface area contributed by atoms with Crippen molar-refractivity contribution < 1.29 is 4.52 Å². The molecule has 0 fully saturated rings. The maximum Gasteiger partial charge on any atom is 0.191 e. The van der Waals surface area contributed by atoms with Gasteiger partial charge in [0.15, 0.2) is 5.42 Å². The third-order valence-electron chi connectivity index (χ3n) is 3.28. The lowest BCUT2D eigenvalue weighted by Crippen LogP contribution is -2.04. The van der Waals surface area contributed by atoms with E-state index < -0.39 is 0 Å². The molecule has 5 heteroatoms. The summed E-state index contributed by atoms with van der Waals surface area (Å²) in [5.41, 5.74) is 3.40. The van der Waals surface area contributed by atoms with Crippen molar-refractivity contribution in [1.82, 2.24) is 14.7 Å². The first kappa shape index (κ1) is 12.3. The van der Waals surface area contributed by atoms with Crippen LogP contribution in [0.15, 0.2) is 23.0 Å². The molecule has 2 aliphatic heterocycles. The van der Waals surface area contributed by atoms with Crippen molar-refractivity contribution in [3.05, 3.63) is 39.3 Å². The van der Waals surface area contributed by atoms with Crippen molar-refractivity contribution in [2.24, 2.45) is 0 Å². The van der Waals surface area contributed by atoms with Crippen LogP contribution >= 0.6 is 12.2 Å². The summed E-state index contributed by atoms with van der Waals surface area (Å²) in [6.07, 6.45) is 3.77. The third-order valence-corrected chi connectivity index (χ3v) is 3.62. The van der Waals surface area contributed by atoms with Gasteiger partial charge in [-0.25, -0.2) is 14.7 Å². The number of unbranched alkanes of at least 4 members (excludes halogenated alkanes) is 1. The largest absolute Gasteiger partial charge is 0.377 e. The average Bonchev–Trinajstić information content (AvgIpc) is 2.85. The molecule has 0 atom stereocenters. The molecule has 0 aromatic heterocycles. The van der Waals surface area contributed by atoms with Gasteiger partial charge in [-0.15, -0.1) is 0 Å². The molecule has 0 aromatic carbocycles. The predicted molar refractivity (Wildman–Crippen MR) is 74.7 cm³/mol. The van der Waals surface area contributed by atoms with E-state index in [0.29, 0.717) is 0 Å². The van der Waals surface area contributed by atoms with E-state index in [1.54, 1.807) is 6.33 Å². The minimum Gasteiger partial charge on any atom is -0.377 e. The number of aryl methyl sites for hydroxylation is 2. The Morgan fingerprint density at radius 3 is 2.95 bits per heavy atom. The fourth-order valence-electron chi connectivity index (χ4n) is 2.21. The lowest BCUT2D eigenvalue weighted by Gasteiger charge is -2.10.